The minimum atomic E-state index is 0. The third-order valence-electron chi connectivity index (χ3n) is 3.62. The lowest BCUT2D eigenvalue weighted by atomic mass is 10.1. The number of halogens is 2. The lowest BCUT2D eigenvalue weighted by Gasteiger charge is -2.10. The van der Waals surface area contributed by atoms with Crippen molar-refractivity contribution in [1.29, 1.82) is 0 Å². The molecule has 7 heteroatoms. The van der Waals surface area contributed by atoms with Gasteiger partial charge in [0.1, 0.15) is 0 Å². The summed E-state index contributed by atoms with van der Waals surface area (Å²) in [5.74, 6) is 1.86. The van der Waals surface area contributed by atoms with Gasteiger partial charge in [-0.15, -0.1) is 24.0 Å². The number of ether oxygens (including phenoxy) is 2. The van der Waals surface area contributed by atoms with Gasteiger partial charge in [0.15, 0.2) is 17.5 Å². The van der Waals surface area contributed by atoms with Crippen molar-refractivity contribution in [1.82, 2.24) is 0 Å². The SMILES string of the molecule is I.NC(=NCCc1ccc(Cl)cc1)Nc1ccc2c(c1)OCCCO2. The van der Waals surface area contributed by atoms with Gasteiger partial charge in [-0.3, -0.25) is 4.99 Å². The van der Waals surface area contributed by atoms with Gasteiger partial charge < -0.3 is 20.5 Å². The molecular weight excluding hydrogens is 453 g/mol. The number of aliphatic imine (C=N–C) groups is 1. The molecule has 0 radical (unpaired) electrons. The van der Waals surface area contributed by atoms with Gasteiger partial charge in [-0.1, -0.05) is 23.7 Å². The molecule has 0 aliphatic carbocycles. The molecule has 25 heavy (non-hydrogen) atoms. The maximum Gasteiger partial charge on any atom is 0.193 e. The zero-order chi connectivity index (χ0) is 16.8. The molecule has 1 aliphatic heterocycles. The van der Waals surface area contributed by atoms with Crippen LogP contribution in [0.2, 0.25) is 5.02 Å². The summed E-state index contributed by atoms with van der Waals surface area (Å²) >= 11 is 5.87. The van der Waals surface area contributed by atoms with E-state index in [1.807, 2.05) is 42.5 Å². The molecule has 0 bridgehead atoms. The quantitative estimate of drug-likeness (QED) is 0.399. The molecule has 0 spiro atoms. The van der Waals surface area contributed by atoms with E-state index in [1.165, 1.54) is 5.56 Å². The number of fused-ring (bicyclic) bond motifs is 1. The number of hydrogen-bond acceptors (Lipinski definition) is 3. The summed E-state index contributed by atoms with van der Waals surface area (Å²) in [6, 6.07) is 13.4. The molecule has 1 aliphatic rings. The van der Waals surface area contributed by atoms with E-state index in [0.29, 0.717) is 25.7 Å². The van der Waals surface area contributed by atoms with Crippen molar-refractivity contribution in [3.05, 3.63) is 53.1 Å². The number of nitrogens with zero attached hydrogens (tertiary/aromatic N) is 1. The first-order valence-electron chi connectivity index (χ1n) is 7.92. The summed E-state index contributed by atoms with van der Waals surface area (Å²) in [5.41, 5.74) is 7.95. The molecule has 3 N–H and O–H groups in total. The summed E-state index contributed by atoms with van der Waals surface area (Å²) in [7, 11) is 0. The number of benzene rings is 2. The minimum Gasteiger partial charge on any atom is -0.490 e. The maximum atomic E-state index is 5.95. The van der Waals surface area contributed by atoms with E-state index >= 15 is 0 Å². The van der Waals surface area contributed by atoms with Crippen LogP contribution in [-0.4, -0.2) is 25.7 Å². The fraction of sp³-hybridized carbons (Fsp3) is 0.278. The van der Waals surface area contributed by atoms with Gasteiger partial charge >= 0.3 is 0 Å². The number of anilines is 1. The summed E-state index contributed by atoms with van der Waals surface area (Å²) in [4.78, 5) is 4.35. The average molecular weight is 474 g/mol. The first-order chi connectivity index (χ1) is 11.7. The van der Waals surface area contributed by atoms with Crippen LogP contribution >= 0.6 is 35.6 Å². The highest BCUT2D eigenvalue weighted by Gasteiger charge is 2.10. The Morgan fingerprint density at radius 2 is 1.80 bits per heavy atom. The molecule has 3 rings (SSSR count). The van der Waals surface area contributed by atoms with Crippen molar-refractivity contribution in [3.8, 4) is 11.5 Å². The second-order valence-corrected chi connectivity index (χ2v) is 5.92. The second kappa shape index (κ2) is 9.72. The van der Waals surface area contributed by atoms with E-state index in [0.717, 1.165) is 35.1 Å². The number of guanidine groups is 1. The van der Waals surface area contributed by atoms with E-state index < -0.39 is 0 Å². The van der Waals surface area contributed by atoms with Gasteiger partial charge in [0, 0.05) is 29.7 Å². The van der Waals surface area contributed by atoms with Crippen molar-refractivity contribution in [3.63, 3.8) is 0 Å². The molecular formula is C18H21ClIN3O2. The van der Waals surface area contributed by atoms with Gasteiger partial charge in [-0.25, -0.2) is 0 Å². The smallest absolute Gasteiger partial charge is 0.193 e. The molecule has 2 aromatic carbocycles. The van der Waals surface area contributed by atoms with E-state index in [1.54, 1.807) is 0 Å². The van der Waals surface area contributed by atoms with Crippen molar-refractivity contribution in [2.75, 3.05) is 25.1 Å². The lowest BCUT2D eigenvalue weighted by molar-refractivity contribution is 0.297. The predicted molar refractivity (Wildman–Crippen MR) is 113 cm³/mol. The zero-order valence-electron chi connectivity index (χ0n) is 13.7. The Morgan fingerprint density at radius 1 is 1.08 bits per heavy atom. The topological polar surface area (TPSA) is 68.9 Å². The zero-order valence-corrected chi connectivity index (χ0v) is 16.8. The number of nitrogens with two attached hydrogens (primary N) is 1. The van der Waals surface area contributed by atoms with Gasteiger partial charge in [0.25, 0.3) is 0 Å². The van der Waals surface area contributed by atoms with Crippen LogP contribution in [0, 0.1) is 0 Å². The Morgan fingerprint density at radius 3 is 2.56 bits per heavy atom. The summed E-state index contributed by atoms with van der Waals surface area (Å²) in [6.07, 6.45) is 1.69. The monoisotopic (exact) mass is 473 g/mol. The molecule has 1 heterocycles. The summed E-state index contributed by atoms with van der Waals surface area (Å²) in [5, 5.41) is 3.81. The number of rotatable bonds is 4. The highest BCUT2D eigenvalue weighted by atomic mass is 127. The van der Waals surface area contributed by atoms with Crippen LogP contribution in [0.1, 0.15) is 12.0 Å². The molecule has 0 amide bonds. The van der Waals surface area contributed by atoms with Crippen LogP contribution in [0.15, 0.2) is 47.5 Å². The molecule has 0 unspecified atom stereocenters. The third kappa shape index (κ3) is 5.97. The number of hydrogen-bond donors (Lipinski definition) is 2. The van der Waals surface area contributed by atoms with Gasteiger partial charge in [0.05, 0.1) is 13.2 Å². The fourth-order valence-electron chi connectivity index (χ4n) is 2.38. The molecule has 2 aromatic rings. The van der Waals surface area contributed by atoms with Crippen LogP contribution in [-0.2, 0) is 6.42 Å². The molecule has 134 valence electrons. The minimum absolute atomic E-state index is 0. The largest absolute Gasteiger partial charge is 0.490 e. The van der Waals surface area contributed by atoms with Crippen molar-refractivity contribution < 1.29 is 9.47 Å². The molecule has 0 aromatic heterocycles. The van der Waals surface area contributed by atoms with Crippen LogP contribution < -0.4 is 20.5 Å². The highest BCUT2D eigenvalue weighted by Crippen LogP contribution is 2.32. The first-order valence-corrected chi connectivity index (χ1v) is 8.29. The van der Waals surface area contributed by atoms with Crippen molar-refractivity contribution >= 4 is 47.2 Å². The normalized spacial score (nSPS) is 13.6. The highest BCUT2D eigenvalue weighted by molar-refractivity contribution is 14.0. The summed E-state index contributed by atoms with van der Waals surface area (Å²) < 4.78 is 11.3. The number of nitrogens with one attached hydrogen (secondary N) is 1. The van der Waals surface area contributed by atoms with Crippen LogP contribution in [0.4, 0.5) is 5.69 Å². The molecule has 0 atom stereocenters. The van der Waals surface area contributed by atoms with E-state index in [-0.39, 0.29) is 24.0 Å². The summed E-state index contributed by atoms with van der Waals surface area (Å²) in [6.45, 7) is 1.93. The Bertz CT molecular complexity index is 723. The first kappa shape index (κ1) is 19.7. The average Bonchev–Trinajstić information content (AvgIpc) is 2.81. The lowest BCUT2D eigenvalue weighted by Crippen LogP contribution is -2.23. The van der Waals surface area contributed by atoms with Gasteiger partial charge in [-0.2, -0.15) is 0 Å². The Kier molecular flexibility index (Phi) is 7.64. The molecule has 0 saturated heterocycles. The predicted octanol–water partition coefficient (Wildman–Crippen LogP) is 4.09. The van der Waals surface area contributed by atoms with E-state index in [9.17, 15) is 0 Å². The third-order valence-corrected chi connectivity index (χ3v) is 3.87. The maximum absolute atomic E-state index is 5.95. The molecule has 0 saturated carbocycles. The van der Waals surface area contributed by atoms with Crippen molar-refractivity contribution in [2.45, 2.75) is 12.8 Å². The molecule has 0 fully saturated rings. The van der Waals surface area contributed by atoms with Crippen molar-refractivity contribution in [2.24, 2.45) is 10.7 Å². The van der Waals surface area contributed by atoms with E-state index in [2.05, 4.69) is 10.3 Å². The fourth-order valence-corrected chi connectivity index (χ4v) is 2.51. The van der Waals surface area contributed by atoms with E-state index in [4.69, 9.17) is 26.8 Å². The second-order valence-electron chi connectivity index (χ2n) is 5.48. The van der Waals surface area contributed by atoms with Crippen LogP contribution in [0.3, 0.4) is 0 Å². The standard InChI is InChI=1S/C18H20ClN3O2.HI/c19-14-4-2-13(3-5-14)8-9-21-18(20)22-15-6-7-16-17(12-15)24-11-1-10-23-16;/h2-7,12H,1,8-11H2,(H3,20,21,22);1H. The van der Waals surface area contributed by atoms with Gasteiger partial charge in [-0.05, 0) is 36.2 Å². The Hall–Kier alpha value is -1.67. The Labute approximate surface area is 169 Å². The van der Waals surface area contributed by atoms with Crippen LogP contribution in [0.5, 0.6) is 11.5 Å². The van der Waals surface area contributed by atoms with Crippen LogP contribution in [0.25, 0.3) is 0 Å². The Balaban J connectivity index is 0.00000225. The van der Waals surface area contributed by atoms with Gasteiger partial charge in [0.2, 0.25) is 0 Å². The molecule has 5 nitrogen and oxygen atoms in total.